The van der Waals surface area contributed by atoms with Crippen molar-refractivity contribution in [2.75, 3.05) is 13.7 Å². The molecule has 1 aliphatic carbocycles. The van der Waals surface area contributed by atoms with Crippen molar-refractivity contribution in [3.05, 3.63) is 29.8 Å². The first-order valence-electron chi connectivity index (χ1n) is 8.16. The summed E-state index contributed by atoms with van der Waals surface area (Å²) in [6, 6.07) is 7.78. The number of carbonyl (C=O) groups excluding carboxylic acids is 1. The first-order chi connectivity index (χ1) is 10.5. The normalized spacial score (nSPS) is 18.2. The van der Waals surface area contributed by atoms with Crippen LogP contribution >= 0.6 is 0 Å². The Kier molecular flexibility index (Phi) is 5.46. The lowest BCUT2D eigenvalue weighted by molar-refractivity contribution is -0.123. The molecule has 122 valence electrons. The number of ether oxygens (including phenoxy) is 1. The van der Waals surface area contributed by atoms with E-state index in [1.807, 2.05) is 26.0 Å². The lowest BCUT2D eigenvalue weighted by atomic mass is 9.78. The molecule has 1 atom stereocenters. The monoisotopic (exact) mass is 304 g/mol. The smallest absolute Gasteiger partial charge is 0.237 e. The Labute approximate surface area is 133 Å². The first kappa shape index (κ1) is 16.8. The lowest BCUT2D eigenvalue weighted by Crippen LogP contribution is -2.48. The van der Waals surface area contributed by atoms with Gasteiger partial charge < -0.3 is 15.8 Å². The molecule has 0 heterocycles. The van der Waals surface area contributed by atoms with E-state index in [0.29, 0.717) is 6.54 Å². The van der Waals surface area contributed by atoms with Gasteiger partial charge in [0, 0.05) is 12.0 Å². The van der Waals surface area contributed by atoms with Crippen molar-refractivity contribution >= 4 is 5.91 Å². The molecule has 22 heavy (non-hydrogen) atoms. The highest BCUT2D eigenvalue weighted by Crippen LogP contribution is 2.41. The Balaban J connectivity index is 2.13. The van der Waals surface area contributed by atoms with E-state index in [9.17, 15) is 4.79 Å². The average molecular weight is 304 g/mol. The number of carbonyl (C=O) groups is 1. The van der Waals surface area contributed by atoms with E-state index in [1.54, 1.807) is 7.11 Å². The summed E-state index contributed by atoms with van der Waals surface area (Å²) < 4.78 is 5.35. The van der Waals surface area contributed by atoms with Crippen molar-refractivity contribution in [2.24, 2.45) is 11.7 Å². The number of amides is 1. The van der Waals surface area contributed by atoms with Gasteiger partial charge in [0.2, 0.25) is 5.91 Å². The van der Waals surface area contributed by atoms with Gasteiger partial charge in [0.05, 0.1) is 13.2 Å². The largest absolute Gasteiger partial charge is 0.497 e. The van der Waals surface area contributed by atoms with Crippen molar-refractivity contribution in [3.8, 4) is 5.75 Å². The minimum atomic E-state index is -0.441. The van der Waals surface area contributed by atoms with Gasteiger partial charge >= 0.3 is 0 Å². The van der Waals surface area contributed by atoms with Crippen molar-refractivity contribution in [3.63, 3.8) is 0 Å². The molecule has 0 aliphatic heterocycles. The second-order valence-electron chi connectivity index (χ2n) is 6.71. The van der Waals surface area contributed by atoms with E-state index in [-0.39, 0.29) is 17.2 Å². The van der Waals surface area contributed by atoms with E-state index in [2.05, 4.69) is 17.4 Å². The molecule has 2 rings (SSSR count). The number of nitrogens with two attached hydrogens (primary N) is 1. The van der Waals surface area contributed by atoms with Crippen LogP contribution in [-0.2, 0) is 10.2 Å². The van der Waals surface area contributed by atoms with Gasteiger partial charge in [0.1, 0.15) is 5.75 Å². The summed E-state index contributed by atoms with van der Waals surface area (Å²) in [6.45, 7) is 4.59. The van der Waals surface area contributed by atoms with Gasteiger partial charge in [-0.3, -0.25) is 4.79 Å². The SMILES string of the molecule is COc1cccc(C2(CNC(=O)[C@@H](N)C(C)C)CCCC2)c1. The lowest BCUT2D eigenvalue weighted by Gasteiger charge is -2.31. The van der Waals surface area contributed by atoms with Gasteiger partial charge in [0.25, 0.3) is 0 Å². The molecule has 1 amide bonds. The summed E-state index contributed by atoms with van der Waals surface area (Å²) in [4.78, 5) is 12.2. The molecule has 0 radical (unpaired) electrons. The van der Waals surface area contributed by atoms with Crippen LogP contribution in [0.1, 0.15) is 45.1 Å². The third-order valence-corrected chi connectivity index (χ3v) is 4.86. The zero-order valence-corrected chi connectivity index (χ0v) is 13.9. The maximum absolute atomic E-state index is 12.2. The molecule has 0 bridgehead atoms. The zero-order valence-electron chi connectivity index (χ0n) is 13.9. The Morgan fingerprint density at radius 3 is 2.64 bits per heavy atom. The maximum Gasteiger partial charge on any atom is 0.237 e. The highest BCUT2D eigenvalue weighted by atomic mass is 16.5. The van der Waals surface area contributed by atoms with E-state index in [1.165, 1.54) is 18.4 Å². The third kappa shape index (κ3) is 3.61. The molecule has 3 N–H and O–H groups in total. The molecule has 0 unspecified atom stereocenters. The van der Waals surface area contributed by atoms with Crippen molar-refractivity contribution in [1.82, 2.24) is 5.32 Å². The van der Waals surface area contributed by atoms with Crippen molar-refractivity contribution in [2.45, 2.75) is 51.0 Å². The highest BCUT2D eigenvalue weighted by molar-refractivity contribution is 5.81. The molecule has 0 saturated heterocycles. The van der Waals surface area contributed by atoms with Crippen LogP contribution in [-0.4, -0.2) is 25.6 Å². The second-order valence-corrected chi connectivity index (χ2v) is 6.71. The van der Waals surface area contributed by atoms with E-state index >= 15 is 0 Å². The van der Waals surface area contributed by atoms with Crippen molar-refractivity contribution in [1.29, 1.82) is 0 Å². The number of methoxy groups -OCH3 is 1. The Morgan fingerprint density at radius 1 is 1.36 bits per heavy atom. The van der Waals surface area contributed by atoms with Gasteiger partial charge in [-0.25, -0.2) is 0 Å². The fourth-order valence-electron chi connectivity index (χ4n) is 3.25. The average Bonchev–Trinajstić information content (AvgIpc) is 3.02. The molecule has 1 saturated carbocycles. The van der Waals surface area contributed by atoms with Gasteiger partial charge in [-0.15, -0.1) is 0 Å². The van der Waals surface area contributed by atoms with Crippen LogP contribution in [0.4, 0.5) is 0 Å². The fraction of sp³-hybridized carbons (Fsp3) is 0.611. The first-order valence-corrected chi connectivity index (χ1v) is 8.16. The topological polar surface area (TPSA) is 64.3 Å². The predicted octanol–water partition coefficient (Wildman–Crippen LogP) is 2.61. The minimum Gasteiger partial charge on any atom is -0.497 e. The molecule has 0 aromatic heterocycles. The quantitative estimate of drug-likeness (QED) is 0.849. The summed E-state index contributed by atoms with van der Waals surface area (Å²) in [6.07, 6.45) is 4.58. The number of rotatable bonds is 6. The van der Waals surface area contributed by atoms with E-state index in [4.69, 9.17) is 10.5 Å². The van der Waals surface area contributed by atoms with Gasteiger partial charge in [-0.1, -0.05) is 38.8 Å². The van der Waals surface area contributed by atoms with Crippen LogP contribution in [0.3, 0.4) is 0 Å². The van der Waals surface area contributed by atoms with Crippen LogP contribution in [0.5, 0.6) is 5.75 Å². The minimum absolute atomic E-state index is 0.0148. The van der Waals surface area contributed by atoms with Gasteiger partial charge in [-0.05, 0) is 36.5 Å². The predicted molar refractivity (Wildman–Crippen MR) is 89.0 cm³/mol. The summed E-state index contributed by atoms with van der Waals surface area (Å²) in [7, 11) is 1.68. The van der Waals surface area contributed by atoms with Crippen LogP contribution in [0.15, 0.2) is 24.3 Å². The van der Waals surface area contributed by atoms with Crippen LogP contribution < -0.4 is 15.8 Å². The molecular formula is C18H28N2O2. The summed E-state index contributed by atoms with van der Waals surface area (Å²) in [5.41, 5.74) is 7.21. The highest BCUT2D eigenvalue weighted by Gasteiger charge is 2.36. The van der Waals surface area contributed by atoms with E-state index in [0.717, 1.165) is 18.6 Å². The van der Waals surface area contributed by atoms with Gasteiger partial charge in [-0.2, -0.15) is 0 Å². The van der Waals surface area contributed by atoms with Crippen LogP contribution in [0, 0.1) is 5.92 Å². The molecule has 1 aromatic carbocycles. The molecule has 4 nitrogen and oxygen atoms in total. The molecule has 4 heteroatoms. The summed E-state index contributed by atoms with van der Waals surface area (Å²) >= 11 is 0. The summed E-state index contributed by atoms with van der Waals surface area (Å²) in [5, 5.41) is 3.08. The Bertz CT molecular complexity index is 508. The Morgan fingerprint density at radius 2 is 2.05 bits per heavy atom. The van der Waals surface area contributed by atoms with Crippen LogP contribution in [0.2, 0.25) is 0 Å². The number of nitrogens with one attached hydrogen (secondary N) is 1. The second kappa shape index (κ2) is 7.14. The Hall–Kier alpha value is -1.55. The van der Waals surface area contributed by atoms with E-state index < -0.39 is 6.04 Å². The number of benzene rings is 1. The third-order valence-electron chi connectivity index (χ3n) is 4.86. The molecule has 1 fully saturated rings. The van der Waals surface area contributed by atoms with Gasteiger partial charge in [0.15, 0.2) is 0 Å². The molecular weight excluding hydrogens is 276 g/mol. The number of hydrogen-bond donors (Lipinski definition) is 2. The van der Waals surface area contributed by atoms with Crippen LogP contribution in [0.25, 0.3) is 0 Å². The molecule has 1 aliphatic rings. The maximum atomic E-state index is 12.2. The zero-order chi connectivity index (χ0) is 16.2. The molecule has 0 spiro atoms. The van der Waals surface area contributed by atoms with Crippen molar-refractivity contribution < 1.29 is 9.53 Å². The summed E-state index contributed by atoms with van der Waals surface area (Å²) in [5.74, 6) is 0.967. The fourth-order valence-corrected chi connectivity index (χ4v) is 3.25. The number of hydrogen-bond acceptors (Lipinski definition) is 3. The molecule has 1 aromatic rings. The standard InChI is InChI=1S/C18H28N2O2/c1-13(2)16(19)17(21)20-12-18(9-4-5-10-18)14-7-6-8-15(11-14)22-3/h6-8,11,13,16H,4-5,9-10,12,19H2,1-3H3,(H,20,21)/t16-/m0/s1.